The van der Waals surface area contributed by atoms with Gasteiger partial charge in [0.05, 0.1) is 37.1 Å². The Morgan fingerprint density at radius 2 is 1.81 bits per heavy atom. The molecule has 2 fully saturated rings. The van der Waals surface area contributed by atoms with Gasteiger partial charge in [-0.2, -0.15) is 0 Å². The molecule has 5 heterocycles. The Kier molecular flexibility index (Phi) is 11.3. The highest BCUT2D eigenvalue weighted by molar-refractivity contribution is 8.00. The number of nitrogens with one attached hydrogen (secondary N) is 2. The van der Waals surface area contributed by atoms with Gasteiger partial charge >= 0.3 is 11.9 Å². The number of rotatable bonds is 14. The number of thioether (sulfide) groups is 1. The van der Waals surface area contributed by atoms with Crippen molar-refractivity contribution in [3.8, 4) is 11.5 Å². The number of phenolic OH excluding ortho intramolecular Hbond substituents is 2. The summed E-state index contributed by atoms with van der Waals surface area (Å²) in [4.78, 5) is 88.8. The number of amides is 3. The van der Waals surface area contributed by atoms with Crippen molar-refractivity contribution in [1.82, 2.24) is 25.1 Å². The van der Waals surface area contributed by atoms with Crippen molar-refractivity contribution in [3.63, 3.8) is 0 Å². The monoisotopic (exact) mass is 827 g/mol. The summed E-state index contributed by atoms with van der Waals surface area (Å²) in [6, 6.07) is 1.25. The molecule has 3 aliphatic heterocycles. The second kappa shape index (κ2) is 15.7. The fraction of sp³-hybridized carbons (Fsp3) is 0.444. The first kappa shape index (κ1) is 41.0. The van der Waals surface area contributed by atoms with Crippen LogP contribution in [0.3, 0.4) is 0 Å². The van der Waals surface area contributed by atoms with E-state index in [9.17, 15) is 49.2 Å². The highest BCUT2D eigenvalue weighted by atomic mass is 32.2. The quantitative estimate of drug-likeness (QED) is 0.0396. The molecule has 0 saturated carbocycles. The molecule has 21 heteroatoms. The third-order valence-corrected chi connectivity index (χ3v) is 12.6. The SMILES string of the molecule is CCn1cc(C(=O)NCC[N+]2(CC3=C(C(=O)O)N4C(=O)[C@@H](NC(=O)C(=NOC(C)(C)C(=O)O)c5csc(N)n5)[C@H]4S[C@H]3C)CCCC2)c(=O)c2cc(O)c(O)cc21. The van der Waals surface area contributed by atoms with Gasteiger partial charge in [-0.15, -0.1) is 23.1 Å². The summed E-state index contributed by atoms with van der Waals surface area (Å²) in [5.74, 6) is -5.71. The van der Waals surface area contributed by atoms with E-state index in [0.29, 0.717) is 41.8 Å². The standard InChI is InChI=1S/C36H42N8O11S2/c1-5-42-14-19(28(47)18-12-23(45)24(46)13-22(18)42)29(48)38-8-11-44(9-6-7-10-44)15-20-17(2)57-32-26(31(50)43(32)27(20)33(51)52)40-30(49)25(21-16-56-35(37)39-21)41-55-36(3,4)34(53)54/h12-14,16-17,26,32H,5-11,15H2,1-4H3,(H7-,37,38,39,40,41,45,46,47,48,49,51,52,53,54)/p+1/t17-,26+,32+/m0/s1. The molecule has 57 heavy (non-hydrogen) atoms. The number of carboxylic acid groups (broad SMARTS) is 2. The molecule has 0 bridgehead atoms. The third kappa shape index (κ3) is 7.86. The number of nitrogen functional groups attached to an aromatic ring is 1. The summed E-state index contributed by atoms with van der Waals surface area (Å²) in [6.45, 7) is 8.70. The average molecular weight is 828 g/mol. The molecule has 3 aliphatic rings. The summed E-state index contributed by atoms with van der Waals surface area (Å²) in [7, 11) is 0. The summed E-state index contributed by atoms with van der Waals surface area (Å²) in [5.41, 5.74) is 3.50. The minimum Gasteiger partial charge on any atom is -0.504 e. The zero-order chi connectivity index (χ0) is 41.6. The van der Waals surface area contributed by atoms with E-state index in [1.165, 1.54) is 48.2 Å². The van der Waals surface area contributed by atoms with Gasteiger partial charge in [0.25, 0.3) is 17.7 Å². The predicted octanol–water partition coefficient (Wildman–Crippen LogP) is 1.22. The molecule has 0 spiro atoms. The molecule has 0 unspecified atom stereocenters. The smallest absolute Gasteiger partial charge is 0.352 e. The Hall–Kier alpha value is -5.67. The number of nitrogens with zero attached hydrogens (tertiary/aromatic N) is 5. The summed E-state index contributed by atoms with van der Waals surface area (Å²) < 4.78 is 2.06. The Morgan fingerprint density at radius 3 is 2.42 bits per heavy atom. The Labute approximate surface area is 333 Å². The Morgan fingerprint density at radius 1 is 1.12 bits per heavy atom. The van der Waals surface area contributed by atoms with Gasteiger partial charge < -0.3 is 50.7 Å². The summed E-state index contributed by atoms with van der Waals surface area (Å²) in [6.07, 6.45) is 3.12. The molecule has 3 atom stereocenters. The number of aliphatic carboxylic acids is 2. The number of nitrogens with two attached hydrogens (primary N) is 1. The molecule has 304 valence electrons. The molecule has 1 aromatic carbocycles. The van der Waals surface area contributed by atoms with Crippen molar-refractivity contribution in [2.24, 2.45) is 5.16 Å². The number of hydrogen-bond donors (Lipinski definition) is 7. The number of fused-ring (bicyclic) bond motifs is 2. The number of hydrogen-bond acceptors (Lipinski definition) is 14. The average Bonchev–Trinajstić information content (AvgIpc) is 3.81. The van der Waals surface area contributed by atoms with E-state index in [1.807, 2.05) is 13.8 Å². The number of phenols is 2. The number of carboxylic acids is 2. The van der Waals surface area contributed by atoms with Crippen LogP contribution in [0, 0.1) is 0 Å². The van der Waals surface area contributed by atoms with Crippen molar-refractivity contribution in [2.45, 2.75) is 69.3 Å². The maximum absolute atomic E-state index is 13.7. The highest BCUT2D eigenvalue weighted by Crippen LogP contribution is 2.45. The Bertz CT molecular complexity index is 2300. The van der Waals surface area contributed by atoms with Gasteiger partial charge in [0.15, 0.2) is 22.3 Å². The number of aryl methyl sites for hydroxylation is 1. The van der Waals surface area contributed by atoms with Crippen molar-refractivity contribution < 1.29 is 53.7 Å². The second-order valence-corrected chi connectivity index (χ2v) is 16.9. The zero-order valence-corrected chi connectivity index (χ0v) is 33.1. The van der Waals surface area contributed by atoms with Gasteiger partial charge in [-0.1, -0.05) is 5.16 Å². The fourth-order valence-electron chi connectivity index (χ4n) is 7.23. The largest absolute Gasteiger partial charge is 0.504 e. The molecule has 8 N–H and O–H groups in total. The van der Waals surface area contributed by atoms with Crippen LogP contribution in [0.25, 0.3) is 10.9 Å². The number of carbonyl (C=O) groups excluding carboxylic acids is 3. The summed E-state index contributed by atoms with van der Waals surface area (Å²) in [5, 5.41) is 49.6. The van der Waals surface area contributed by atoms with E-state index >= 15 is 0 Å². The molecule has 2 aromatic heterocycles. The molecule has 0 aliphatic carbocycles. The number of oxime groups is 1. The first-order valence-corrected chi connectivity index (χ1v) is 19.9. The van der Waals surface area contributed by atoms with E-state index in [1.54, 1.807) is 4.57 Å². The lowest BCUT2D eigenvalue weighted by Crippen LogP contribution is -2.71. The van der Waals surface area contributed by atoms with Crippen molar-refractivity contribution >= 4 is 74.5 Å². The minimum atomic E-state index is -1.81. The van der Waals surface area contributed by atoms with Gasteiger partial charge in [-0.25, -0.2) is 14.6 Å². The third-order valence-electron chi connectivity index (χ3n) is 10.4. The van der Waals surface area contributed by atoms with E-state index < -0.39 is 74.6 Å². The molecule has 3 aromatic rings. The number of aromatic hydroxyl groups is 2. The lowest BCUT2D eigenvalue weighted by molar-refractivity contribution is -0.911. The van der Waals surface area contributed by atoms with Crippen LogP contribution in [0.2, 0.25) is 0 Å². The maximum Gasteiger partial charge on any atom is 0.352 e. The molecule has 6 rings (SSSR count). The van der Waals surface area contributed by atoms with Crippen LogP contribution in [0.15, 0.2) is 44.9 Å². The normalized spacial score (nSPS) is 20.6. The number of benzene rings is 1. The van der Waals surface area contributed by atoms with Crippen LogP contribution in [0.4, 0.5) is 5.13 Å². The van der Waals surface area contributed by atoms with E-state index in [2.05, 4.69) is 20.8 Å². The van der Waals surface area contributed by atoms with E-state index in [-0.39, 0.29) is 40.6 Å². The van der Waals surface area contributed by atoms with Crippen LogP contribution >= 0.6 is 23.1 Å². The summed E-state index contributed by atoms with van der Waals surface area (Å²) >= 11 is 2.31. The first-order chi connectivity index (χ1) is 26.9. The number of carbonyl (C=O) groups is 5. The van der Waals surface area contributed by atoms with Gasteiger partial charge in [-0.05, 0) is 33.8 Å². The topological polar surface area (TPSA) is 276 Å². The van der Waals surface area contributed by atoms with E-state index in [4.69, 9.17) is 10.6 Å². The van der Waals surface area contributed by atoms with Crippen molar-refractivity contribution in [1.29, 1.82) is 0 Å². The number of β-lactam (4-membered cyclic amide) rings is 1. The fourth-order valence-corrected chi connectivity index (χ4v) is 9.22. The second-order valence-electron chi connectivity index (χ2n) is 14.6. The van der Waals surface area contributed by atoms with Crippen LogP contribution in [0.1, 0.15) is 56.6 Å². The van der Waals surface area contributed by atoms with Crippen LogP contribution in [0.5, 0.6) is 11.5 Å². The minimum absolute atomic E-state index is 0.00882. The number of anilines is 1. The highest BCUT2D eigenvalue weighted by Gasteiger charge is 2.57. The van der Waals surface area contributed by atoms with Crippen molar-refractivity contribution in [3.05, 3.63) is 56.5 Å². The predicted molar refractivity (Wildman–Crippen MR) is 209 cm³/mol. The molecule has 19 nitrogen and oxygen atoms in total. The molecule has 3 amide bonds. The van der Waals surface area contributed by atoms with Gasteiger partial charge in [0.1, 0.15) is 34.9 Å². The zero-order valence-electron chi connectivity index (χ0n) is 31.5. The van der Waals surface area contributed by atoms with Crippen molar-refractivity contribution in [2.75, 3.05) is 38.5 Å². The number of aromatic nitrogens is 2. The van der Waals surface area contributed by atoms with Gasteiger partial charge in [0, 0.05) is 47.9 Å². The number of likely N-dealkylation sites (tertiary alicyclic amines) is 1. The molecular formula is C36H43N8O11S2+. The molecular weight excluding hydrogens is 785 g/mol. The Balaban J connectivity index is 1.19. The number of quaternary nitrogens is 1. The lowest BCUT2D eigenvalue weighted by atomic mass is 9.99. The van der Waals surface area contributed by atoms with Gasteiger partial charge in [-0.3, -0.25) is 24.1 Å². The number of thiazole rings is 1. The van der Waals surface area contributed by atoms with E-state index in [0.717, 1.165) is 30.2 Å². The number of pyridine rings is 1. The first-order valence-electron chi connectivity index (χ1n) is 18.1. The van der Waals surface area contributed by atoms with Crippen LogP contribution in [-0.4, -0.2) is 130 Å². The lowest BCUT2D eigenvalue weighted by Gasteiger charge is -2.51. The van der Waals surface area contributed by atoms with Gasteiger partial charge in [0.2, 0.25) is 11.0 Å². The molecule has 0 radical (unpaired) electrons. The van der Waals surface area contributed by atoms with Crippen LogP contribution in [-0.2, 0) is 30.6 Å². The maximum atomic E-state index is 13.7. The molecule has 2 saturated heterocycles. The van der Waals surface area contributed by atoms with Crippen LogP contribution < -0.4 is 21.8 Å².